The van der Waals surface area contributed by atoms with E-state index >= 15 is 0 Å². The standard InChI is InChI=1S/C20H27N3O3/c1-22(11-16-2-3-16)19(25)17-12-26-9-6-20(17)13-23(14-20)18(24)10-15-4-7-21-8-5-15/h4-5,7-8,16-17H,2-3,6,9-14H2,1H3. The highest BCUT2D eigenvalue weighted by atomic mass is 16.5. The van der Waals surface area contributed by atoms with Crippen LogP contribution in [0.4, 0.5) is 0 Å². The van der Waals surface area contributed by atoms with E-state index in [1.165, 1.54) is 12.8 Å². The van der Waals surface area contributed by atoms with E-state index in [1.807, 2.05) is 29.0 Å². The molecule has 6 heteroatoms. The lowest BCUT2D eigenvalue weighted by molar-refractivity contribution is -0.173. The smallest absolute Gasteiger partial charge is 0.228 e. The Kier molecular flexibility index (Phi) is 4.69. The van der Waals surface area contributed by atoms with Gasteiger partial charge in [0.15, 0.2) is 0 Å². The molecule has 1 spiro atoms. The van der Waals surface area contributed by atoms with Crippen molar-refractivity contribution < 1.29 is 14.3 Å². The number of likely N-dealkylation sites (tertiary alicyclic amines) is 1. The molecule has 0 aromatic carbocycles. The van der Waals surface area contributed by atoms with Gasteiger partial charge in [0.25, 0.3) is 0 Å². The van der Waals surface area contributed by atoms with Crippen molar-refractivity contribution >= 4 is 11.8 Å². The average molecular weight is 357 g/mol. The Hall–Kier alpha value is -1.95. The Balaban J connectivity index is 1.37. The topological polar surface area (TPSA) is 62.7 Å². The molecule has 3 fully saturated rings. The number of carbonyl (C=O) groups excluding carboxylic acids is 2. The predicted molar refractivity (Wildman–Crippen MR) is 96.2 cm³/mol. The van der Waals surface area contributed by atoms with Crippen molar-refractivity contribution in [1.82, 2.24) is 14.8 Å². The zero-order valence-electron chi connectivity index (χ0n) is 15.4. The van der Waals surface area contributed by atoms with Crippen LogP contribution in [0.3, 0.4) is 0 Å². The highest BCUT2D eigenvalue weighted by Gasteiger charge is 2.54. The van der Waals surface area contributed by atoms with E-state index in [9.17, 15) is 9.59 Å². The largest absolute Gasteiger partial charge is 0.381 e. The second-order valence-corrected chi connectivity index (χ2v) is 8.18. The molecule has 2 saturated heterocycles. The second-order valence-electron chi connectivity index (χ2n) is 8.18. The van der Waals surface area contributed by atoms with E-state index in [2.05, 4.69) is 4.98 Å². The van der Waals surface area contributed by atoms with Gasteiger partial charge in [0, 0.05) is 51.1 Å². The molecule has 4 rings (SSSR count). The van der Waals surface area contributed by atoms with Crippen LogP contribution in [0.5, 0.6) is 0 Å². The van der Waals surface area contributed by atoms with E-state index < -0.39 is 0 Å². The maximum atomic E-state index is 13.0. The van der Waals surface area contributed by atoms with Crippen molar-refractivity contribution in [3.63, 3.8) is 0 Å². The van der Waals surface area contributed by atoms with Crippen molar-refractivity contribution in [2.75, 3.05) is 39.9 Å². The van der Waals surface area contributed by atoms with Gasteiger partial charge in [-0.3, -0.25) is 14.6 Å². The van der Waals surface area contributed by atoms with Gasteiger partial charge in [-0.15, -0.1) is 0 Å². The Morgan fingerprint density at radius 3 is 2.73 bits per heavy atom. The number of hydrogen-bond donors (Lipinski definition) is 0. The molecule has 1 unspecified atom stereocenters. The van der Waals surface area contributed by atoms with Crippen LogP contribution in [-0.4, -0.2) is 66.5 Å². The first-order valence-corrected chi connectivity index (χ1v) is 9.57. The summed E-state index contributed by atoms with van der Waals surface area (Å²) in [4.78, 5) is 33.3. The summed E-state index contributed by atoms with van der Waals surface area (Å²) in [6, 6.07) is 3.75. The molecule has 1 aromatic rings. The van der Waals surface area contributed by atoms with E-state index in [-0.39, 0.29) is 23.1 Å². The van der Waals surface area contributed by atoms with Crippen molar-refractivity contribution in [2.45, 2.75) is 25.7 Å². The van der Waals surface area contributed by atoms with Gasteiger partial charge in [-0.05, 0) is 42.9 Å². The fraction of sp³-hybridized carbons (Fsp3) is 0.650. The number of aromatic nitrogens is 1. The monoisotopic (exact) mass is 357 g/mol. The molecule has 0 N–H and O–H groups in total. The van der Waals surface area contributed by atoms with Gasteiger partial charge in [0.1, 0.15) is 0 Å². The van der Waals surface area contributed by atoms with Gasteiger partial charge in [-0.2, -0.15) is 0 Å². The number of amides is 2. The van der Waals surface area contributed by atoms with Crippen LogP contribution in [0.15, 0.2) is 24.5 Å². The third-order valence-electron chi connectivity index (χ3n) is 6.14. The van der Waals surface area contributed by atoms with Crippen molar-refractivity contribution in [3.05, 3.63) is 30.1 Å². The minimum atomic E-state index is -0.120. The van der Waals surface area contributed by atoms with Gasteiger partial charge in [-0.1, -0.05) is 0 Å². The van der Waals surface area contributed by atoms with E-state index in [1.54, 1.807) is 12.4 Å². The fourth-order valence-corrected chi connectivity index (χ4v) is 4.26. The second kappa shape index (κ2) is 6.99. The van der Waals surface area contributed by atoms with Crippen LogP contribution >= 0.6 is 0 Å². The number of nitrogens with zero attached hydrogens (tertiary/aromatic N) is 3. The van der Waals surface area contributed by atoms with Gasteiger partial charge in [0.2, 0.25) is 11.8 Å². The van der Waals surface area contributed by atoms with Gasteiger partial charge < -0.3 is 14.5 Å². The summed E-state index contributed by atoms with van der Waals surface area (Å²) in [7, 11) is 1.91. The SMILES string of the molecule is CN(CC1CC1)C(=O)C1COCCC12CN(C(=O)Cc1ccncc1)C2. The number of rotatable bonds is 5. The summed E-state index contributed by atoms with van der Waals surface area (Å²) in [6.07, 6.45) is 7.16. The van der Waals surface area contributed by atoms with E-state index in [4.69, 9.17) is 4.74 Å². The average Bonchev–Trinajstić information content (AvgIpc) is 3.43. The molecule has 140 valence electrons. The highest BCUT2D eigenvalue weighted by Crippen LogP contribution is 2.45. The quantitative estimate of drug-likeness (QED) is 0.798. The molecular weight excluding hydrogens is 330 g/mol. The molecule has 6 nitrogen and oxygen atoms in total. The minimum absolute atomic E-state index is 0.0962. The maximum absolute atomic E-state index is 13.0. The van der Waals surface area contributed by atoms with Gasteiger partial charge in [0.05, 0.1) is 18.9 Å². The lowest BCUT2D eigenvalue weighted by Crippen LogP contribution is -2.66. The highest BCUT2D eigenvalue weighted by molar-refractivity contribution is 5.82. The molecule has 1 aliphatic carbocycles. The van der Waals surface area contributed by atoms with E-state index in [0.29, 0.717) is 38.6 Å². The molecule has 1 saturated carbocycles. The first-order valence-electron chi connectivity index (χ1n) is 9.57. The summed E-state index contributed by atoms with van der Waals surface area (Å²) in [5.74, 6) is 0.887. The summed E-state index contributed by atoms with van der Waals surface area (Å²) < 4.78 is 5.64. The van der Waals surface area contributed by atoms with Crippen LogP contribution < -0.4 is 0 Å². The molecule has 26 heavy (non-hydrogen) atoms. The molecule has 2 aliphatic heterocycles. The lowest BCUT2D eigenvalue weighted by Gasteiger charge is -2.56. The molecule has 0 bridgehead atoms. The third kappa shape index (κ3) is 3.47. The summed E-state index contributed by atoms with van der Waals surface area (Å²) in [5, 5.41) is 0. The number of hydrogen-bond acceptors (Lipinski definition) is 4. The zero-order valence-corrected chi connectivity index (χ0v) is 15.4. The summed E-state index contributed by atoms with van der Waals surface area (Å²) in [6.45, 7) is 3.38. The van der Waals surface area contributed by atoms with Crippen molar-refractivity contribution in [2.24, 2.45) is 17.3 Å². The molecule has 1 aromatic heterocycles. The molecule has 1 atom stereocenters. The number of pyridine rings is 1. The zero-order chi connectivity index (χ0) is 18.1. The van der Waals surface area contributed by atoms with Crippen molar-refractivity contribution in [1.29, 1.82) is 0 Å². The van der Waals surface area contributed by atoms with Crippen LogP contribution in [0.25, 0.3) is 0 Å². The first-order chi connectivity index (χ1) is 12.6. The van der Waals surface area contributed by atoms with Crippen molar-refractivity contribution in [3.8, 4) is 0 Å². The minimum Gasteiger partial charge on any atom is -0.381 e. The summed E-state index contributed by atoms with van der Waals surface area (Å²) in [5.41, 5.74) is 0.885. The first kappa shape index (κ1) is 17.5. The Labute approximate surface area is 154 Å². The van der Waals surface area contributed by atoms with Crippen LogP contribution in [0, 0.1) is 17.3 Å². The Morgan fingerprint density at radius 2 is 2.04 bits per heavy atom. The molecule has 2 amide bonds. The molecule has 0 radical (unpaired) electrons. The Morgan fingerprint density at radius 1 is 1.31 bits per heavy atom. The number of ether oxygens (including phenoxy) is 1. The summed E-state index contributed by atoms with van der Waals surface area (Å²) >= 11 is 0. The van der Waals surface area contributed by atoms with Gasteiger partial charge in [-0.25, -0.2) is 0 Å². The fourth-order valence-electron chi connectivity index (χ4n) is 4.26. The molecular formula is C20H27N3O3. The lowest BCUT2D eigenvalue weighted by atomic mass is 9.65. The molecule has 3 heterocycles. The normalized spacial score (nSPS) is 24.2. The van der Waals surface area contributed by atoms with E-state index in [0.717, 1.165) is 18.5 Å². The Bertz CT molecular complexity index is 668. The van der Waals surface area contributed by atoms with Crippen LogP contribution in [0.2, 0.25) is 0 Å². The van der Waals surface area contributed by atoms with Crippen LogP contribution in [-0.2, 0) is 20.7 Å². The van der Waals surface area contributed by atoms with Crippen LogP contribution in [0.1, 0.15) is 24.8 Å². The third-order valence-corrected chi connectivity index (χ3v) is 6.14. The predicted octanol–water partition coefficient (Wildman–Crippen LogP) is 1.36. The molecule has 3 aliphatic rings. The maximum Gasteiger partial charge on any atom is 0.228 e. The van der Waals surface area contributed by atoms with Gasteiger partial charge >= 0.3 is 0 Å². The number of carbonyl (C=O) groups is 2.